The van der Waals surface area contributed by atoms with Gasteiger partial charge >= 0.3 is 0 Å². The van der Waals surface area contributed by atoms with Crippen LogP contribution in [0.2, 0.25) is 0 Å². The number of hydrogen-bond donors (Lipinski definition) is 2. The second-order valence-corrected chi connectivity index (χ2v) is 9.09. The Kier molecular flexibility index (Phi) is 9.05. The maximum absolute atomic E-state index is 3.63. The molecule has 0 aliphatic heterocycles. The molecule has 172 valence electrons. The van der Waals surface area contributed by atoms with E-state index in [-0.39, 0.29) is 0 Å². The predicted molar refractivity (Wildman–Crippen MR) is 146 cm³/mol. The van der Waals surface area contributed by atoms with Crippen LogP contribution in [0.25, 0.3) is 21.5 Å². The molecule has 33 heavy (non-hydrogen) atoms. The molecule has 4 aromatic rings. The first-order valence-corrected chi connectivity index (χ1v) is 12.8. The Morgan fingerprint density at radius 2 is 0.727 bits per heavy atom. The lowest BCUT2D eigenvalue weighted by Crippen LogP contribution is -2.02. The van der Waals surface area contributed by atoms with Gasteiger partial charge in [0.25, 0.3) is 0 Å². The summed E-state index contributed by atoms with van der Waals surface area (Å²) in [6.07, 6.45) is 12.0. The average molecular weight is 439 g/mol. The second kappa shape index (κ2) is 12.9. The molecule has 2 heteroatoms. The summed E-state index contributed by atoms with van der Waals surface area (Å²) in [7, 11) is 0. The minimum Gasteiger partial charge on any atom is -0.385 e. The Bertz CT molecular complexity index is 1020. The van der Waals surface area contributed by atoms with Crippen LogP contribution >= 0.6 is 0 Å². The molecular weight excluding hydrogens is 400 g/mol. The lowest BCUT2D eigenvalue weighted by atomic mass is 10.1. The van der Waals surface area contributed by atoms with E-state index in [4.69, 9.17) is 0 Å². The summed E-state index contributed by atoms with van der Waals surface area (Å²) in [5.41, 5.74) is 2.53. The fourth-order valence-corrected chi connectivity index (χ4v) is 4.69. The first-order chi connectivity index (χ1) is 16.4. The van der Waals surface area contributed by atoms with Crippen LogP contribution in [0.15, 0.2) is 84.9 Å². The molecule has 4 rings (SSSR count). The van der Waals surface area contributed by atoms with Gasteiger partial charge in [0.05, 0.1) is 0 Å². The molecule has 2 nitrogen and oxygen atoms in total. The normalized spacial score (nSPS) is 11.2. The summed E-state index contributed by atoms with van der Waals surface area (Å²) in [5, 5.41) is 12.5. The summed E-state index contributed by atoms with van der Waals surface area (Å²) < 4.78 is 0. The highest BCUT2D eigenvalue weighted by Gasteiger charge is 2.00. The summed E-state index contributed by atoms with van der Waals surface area (Å²) in [6.45, 7) is 2.13. The van der Waals surface area contributed by atoms with E-state index in [2.05, 4.69) is 95.6 Å². The molecule has 0 atom stereocenters. The van der Waals surface area contributed by atoms with Crippen molar-refractivity contribution in [1.82, 2.24) is 0 Å². The highest BCUT2D eigenvalue weighted by atomic mass is 14.9. The highest BCUT2D eigenvalue weighted by molar-refractivity contribution is 5.94. The lowest BCUT2D eigenvalue weighted by Gasteiger charge is -2.10. The van der Waals surface area contributed by atoms with Crippen molar-refractivity contribution < 1.29 is 0 Å². The van der Waals surface area contributed by atoms with Gasteiger partial charge in [-0.3, -0.25) is 0 Å². The van der Waals surface area contributed by atoms with Crippen molar-refractivity contribution in [2.45, 2.75) is 57.8 Å². The van der Waals surface area contributed by atoms with E-state index in [9.17, 15) is 0 Å². The number of hydrogen-bond acceptors (Lipinski definition) is 2. The van der Waals surface area contributed by atoms with Crippen LogP contribution in [0.3, 0.4) is 0 Å². The van der Waals surface area contributed by atoms with Crippen LogP contribution in [-0.2, 0) is 0 Å². The number of nitrogens with one attached hydrogen (secondary N) is 2. The summed E-state index contributed by atoms with van der Waals surface area (Å²) in [6, 6.07) is 30.3. The second-order valence-electron chi connectivity index (χ2n) is 9.09. The number of anilines is 2. The largest absolute Gasteiger partial charge is 0.385 e. The maximum Gasteiger partial charge on any atom is 0.0419 e. The van der Waals surface area contributed by atoms with Gasteiger partial charge in [-0.1, -0.05) is 118 Å². The van der Waals surface area contributed by atoms with E-state index in [1.807, 2.05) is 0 Å². The van der Waals surface area contributed by atoms with Crippen molar-refractivity contribution in [2.24, 2.45) is 0 Å². The van der Waals surface area contributed by atoms with Crippen LogP contribution in [0, 0.1) is 0 Å². The van der Waals surface area contributed by atoms with Gasteiger partial charge < -0.3 is 10.6 Å². The smallest absolute Gasteiger partial charge is 0.0419 e. The molecule has 4 aromatic carbocycles. The molecule has 0 fully saturated rings. The Labute approximate surface area is 199 Å². The van der Waals surface area contributed by atoms with Crippen molar-refractivity contribution in [3.8, 4) is 0 Å². The zero-order chi connectivity index (χ0) is 22.6. The molecule has 0 radical (unpaired) electrons. The topological polar surface area (TPSA) is 24.1 Å². The number of benzene rings is 4. The van der Waals surface area contributed by atoms with Crippen LogP contribution in [-0.4, -0.2) is 13.1 Å². The van der Waals surface area contributed by atoms with Gasteiger partial charge in [0.2, 0.25) is 0 Å². The van der Waals surface area contributed by atoms with Crippen molar-refractivity contribution in [3.05, 3.63) is 84.9 Å². The Morgan fingerprint density at radius 3 is 1.18 bits per heavy atom. The SMILES string of the molecule is c1ccc2c(NCCCCCCCCCCCNc3cccc4ccccc34)cccc2c1. The van der Waals surface area contributed by atoms with Crippen LogP contribution in [0.4, 0.5) is 11.4 Å². The number of rotatable bonds is 14. The first-order valence-electron chi connectivity index (χ1n) is 12.8. The third-order valence-corrected chi connectivity index (χ3v) is 6.56. The Hall–Kier alpha value is -3.00. The van der Waals surface area contributed by atoms with E-state index in [0.717, 1.165) is 13.1 Å². The predicted octanol–water partition coefficient (Wildman–Crippen LogP) is 9.03. The third kappa shape index (κ3) is 6.99. The van der Waals surface area contributed by atoms with Crippen molar-refractivity contribution in [3.63, 3.8) is 0 Å². The average Bonchev–Trinajstić information content (AvgIpc) is 2.87. The number of unbranched alkanes of at least 4 members (excludes halogenated alkanes) is 8. The lowest BCUT2D eigenvalue weighted by molar-refractivity contribution is 0.566. The van der Waals surface area contributed by atoms with Gasteiger partial charge in [-0.15, -0.1) is 0 Å². The summed E-state index contributed by atoms with van der Waals surface area (Å²) in [5.74, 6) is 0. The van der Waals surface area contributed by atoms with E-state index in [0.29, 0.717) is 0 Å². The van der Waals surface area contributed by atoms with Gasteiger partial charge in [-0.05, 0) is 35.7 Å². The first kappa shape index (κ1) is 23.2. The fourth-order valence-electron chi connectivity index (χ4n) is 4.69. The van der Waals surface area contributed by atoms with Crippen LogP contribution in [0.1, 0.15) is 57.8 Å². The van der Waals surface area contributed by atoms with Gasteiger partial charge in [-0.2, -0.15) is 0 Å². The highest BCUT2D eigenvalue weighted by Crippen LogP contribution is 2.24. The summed E-state index contributed by atoms with van der Waals surface area (Å²) in [4.78, 5) is 0. The van der Waals surface area contributed by atoms with E-state index < -0.39 is 0 Å². The number of fused-ring (bicyclic) bond motifs is 2. The van der Waals surface area contributed by atoms with Crippen molar-refractivity contribution in [2.75, 3.05) is 23.7 Å². The maximum atomic E-state index is 3.63. The molecule has 0 heterocycles. The third-order valence-electron chi connectivity index (χ3n) is 6.56. The molecule has 0 saturated heterocycles. The molecule has 0 aliphatic rings. The minimum atomic E-state index is 1.07. The summed E-state index contributed by atoms with van der Waals surface area (Å²) >= 11 is 0. The van der Waals surface area contributed by atoms with Crippen LogP contribution in [0.5, 0.6) is 0 Å². The van der Waals surface area contributed by atoms with E-state index in [1.54, 1.807) is 0 Å². The Morgan fingerprint density at radius 1 is 0.364 bits per heavy atom. The van der Waals surface area contributed by atoms with E-state index >= 15 is 0 Å². The van der Waals surface area contributed by atoms with Gasteiger partial charge in [0.1, 0.15) is 0 Å². The zero-order valence-electron chi connectivity index (χ0n) is 19.9. The fraction of sp³-hybridized carbons (Fsp3) is 0.355. The Balaban J connectivity index is 0.994. The molecule has 0 bridgehead atoms. The molecule has 0 aliphatic carbocycles. The monoisotopic (exact) mass is 438 g/mol. The molecule has 0 amide bonds. The molecule has 2 N–H and O–H groups in total. The molecular formula is C31H38N2. The van der Waals surface area contributed by atoms with Gasteiger partial charge in [0.15, 0.2) is 0 Å². The quantitative estimate of drug-likeness (QED) is 0.192. The van der Waals surface area contributed by atoms with Crippen molar-refractivity contribution >= 4 is 32.9 Å². The van der Waals surface area contributed by atoms with Gasteiger partial charge in [0, 0.05) is 35.2 Å². The molecule has 0 aromatic heterocycles. The van der Waals surface area contributed by atoms with Crippen LogP contribution < -0.4 is 10.6 Å². The van der Waals surface area contributed by atoms with Gasteiger partial charge in [-0.25, -0.2) is 0 Å². The van der Waals surface area contributed by atoms with E-state index in [1.165, 1.54) is 90.7 Å². The minimum absolute atomic E-state index is 1.07. The molecule has 0 unspecified atom stereocenters. The van der Waals surface area contributed by atoms with Crippen molar-refractivity contribution in [1.29, 1.82) is 0 Å². The molecule has 0 saturated carbocycles. The zero-order valence-corrected chi connectivity index (χ0v) is 19.9. The standard InChI is InChI=1S/C31H38N2/c1(2-4-6-12-24-32-30-22-14-18-26-16-8-10-20-28(26)30)3-5-7-13-25-33-31-23-15-19-27-17-9-11-21-29(27)31/h8-11,14-23,32-33H,1-7,12-13,24-25H2. The molecule has 0 spiro atoms.